The van der Waals surface area contributed by atoms with E-state index in [1.165, 1.54) is 10.9 Å². The molecule has 21 heavy (non-hydrogen) atoms. The molecule has 0 aliphatic heterocycles. The summed E-state index contributed by atoms with van der Waals surface area (Å²) in [7, 11) is 0. The van der Waals surface area contributed by atoms with E-state index < -0.39 is 0 Å². The predicted octanol–water partition coefficient (Wildman–Crippen LogP) is 5.33. The van der Waals surface area contributed by atoms with Crippen molar-refractivity contribution in [1.29, 1.82) is 0 Å². The second kappa shape index (κ2) is 4.85. The first-order valence-electron chi connectivity index (χ1n) is 7.09. The van der Waals surface area contributed by atoms with Crippen LogP contribution < -0.4 is 0 Å². The Kier molecular flexibility index (Phi) is 3.13. The van der Waals surface area contributed by atoms with Gasteiger partial charge in [0.05, 0.1) is 4.92 Å². The van der Waals surface area contributed by atoms with Crippen molar-refractivity contribution >= 4 is 27.2 Å². The number of nitro groups is 1. The highest BCUT2D eigenvalue weighted by atomic mass is 16.6. The molecule has 0 spiro atoms. The first-order valence-corrected chi connectivity index (χ1v) is 7.09. The molecule has 0 saturated heterocycles. The van der Waals surface area contributed by atoms with E-state index in [4.69, 9.17) is 0 Å². The second-order valence-corrected chi connectivity index (χ2v) is 5.82. The van der Waals surface area contributed by atoms with Crippen molar-refractivity contribution in [2.45, 2.75) is 26.7 Å². The van der Waals surface area contributed by atoms with E-state index in [1.807, 2.05) is 12.1 Å². The fraction of sp³-hybridized carbons (Fsp3) is 0.222. The summed E-state index contributed by atoms with van der Waals surface area (Å²) in [6.07, 6.45) is 0. The first kappa shape index (κ1) is 13.6. The third-order valence-electron chi connectivity index (χ3n) is 4.02. The molecule has 3 heteroatoms. The Balaban J connectivity index is 2.51. The van der Waals surface area contributed by atoms with E-state index in [9.17, 15) is 10.1 Å². The summed E-state index contributed by atoms with van der Waals surface area (Å²) in [5, 5.41) is 15.3. The molecule has 0 aromatic heterocycles. The smallest absolute Gasteiger partial charge is 0.258 e. The third-order valence-corrected chi connectivity index (χ3v) is 4.02. The summed E-state index contributed by atoms with van der Waals surface area (Å²) < 4.78 is 0. The highest BCUT2D eigenvalue weighted by molar-refractivity contribution is 6.12. The molecule has 0 fully saturated rings. The first-order chi connectivity index (χ1) is 9.97. The normalized spacial score (nSPS) is 11.4. The number of nitrogens with zero attached hydrogens (tertiary/aromatic N) is 1. The second-order valence-electron chi connectivity index (χ2n) is 5.82. The van der Waals surface area contributed by atoms with E-state index in [-0.39, 0.29) is 10.6 Å². The summed E-state index contributed by atoms with van der Waals surface area (Å²) in [6.45, 7) is 6.41. The van der Waals surface area contributed by atoms with Crippen molar-refractivity contribution in [2.75, 3.05) is 0 Å². The van der Waals surface area contributed by atoms with Crippen LogP contribution in [0.15, 0.2) is 42.5 Å². The minimum atomic E-state index is -0.337. The third kappa shape index (κ3) is 2.25. The molecule has 0 N–H and O–H groups in total. The maximum absolute atomic E-state index is 11.1. The Hall–Kier alpha value is -2.42. The van der Waals surface area contributed by atoms with Crippen LogP contribution in [0.25, 0.3) is 21.5 Å². The SMILES string of the molecule is Cc1cc2cc([N+](=O)[O-])ccc3ccc(C(C)C)cc1c32. The molecule has 106 valence electrons. The topological polar surface area (TPSA) is 43.1 Å². The molecule has 0 bridgehead atoms. The van der Waals surface area contributed by atoms with Gasteiger partial charge in [0, 0.05) is 12.1 Å². The Morgan fingerprint density at radius 2 is 1.71 bits per heavy atom. The molecule has 3 aromatic rings. The lowest BCUT2D eigenvalue weighted by molar-refractivity contribution is -0.384. The average molecular weight is 279 g/mol. The lowest BCUT2D eigenvalue weighted by Gasteiger charge is -2.01. The minimum Gasteiger partial charge on any atom is -0.258 e. The van der Waals surface area contributed by atoms with Gasteiger partial charge >= 0.3 is 0 Å². The Morgan fingerprint density at radius 1 is 1.00 bits per heavy atom. The largest absolute Gasteiger partial charge is 0.270 e. The highest BCUT2D eigenvalue weighted by Crippen LogP contribution is 2.33. The summed E-state index contributed by atoms with van der Waals surface area (Å²) in [5.74, 6) is 0.447. The van der Waals surface area contributed by atoms with Crippen LogP contribution in [-0.4, -0.2) is 4.92 Å². The Bertz CT molecular complexity index is 866. The van der Waals surface area contributed by atoms with Crippen LogP contribution in [0.3, 0.4) is 0 Å². The van der Waals surface area contributed by atoms with Crippen LogP contribution in [-0.2, 0) is 0 Å². The number of rotatable bonds is 2. The van der Waals surface area contributed by atoms with Gasteiger partial charge in [0.1, 0.15) is 0 Å². The molecule has 3 nitrogen and oxygen atoms in total. The minimum absolute atomic E-state index is 0.129. The summed E-state index contributed by atoms with van der Waals surface area (Å²) in [6, 6.07) is 13.5. The van der Waals surface area contributed by atoms with Crippen LogP contribution in [0.4, 0.5) is 5.69 Å². The molecule has 0 saturated carbocycles. The van der Waals surface area contributed by atoms with E-state index in [0.29, 0.717) is 5.92 Å². The lowest BCUT2D eigenvalue weighted by atomic mass is 10.0. The lowest BCUT2D eigenvalue weighted by Crippen LogP contribution is -1.83. The molecule has 0 aliphatic carbocycles. The van der Waals surface area contributed by atoms with Crippen molar-refractivity contribution in [2.24, 2.45) is 0 Å². The van der Waals surface area contributed by atoms with E-state index in [0.717, 1.165) is 21.7 Å². The van der Waals surface area contributed by atoms with Crippen molar-refractivity contribution in [1.82, 2.24) is 0 Å². The quantitative estimate of drug-likeness (QED) is 0.470. The number of aryl methyl sites for hydroxylation is 1. The maximum atomic E-state index is 11.1. The van der Waals surface area contributed by atoms with Crippen LogP contribution in [0.2, 0.25) is 0 Å². The molecular formula is C18H17NO2. The van der Waals surface area contributed by atoms with Crippen LogP contribution in [0.1, 0.15) is 30.9 Å². The average Bonchev–Trinajstić information content (AvgIpc) is 2.57. The van der Waals surface area contributed by atoms with Crippen molar-refractivity contribution in [3.8, 4) is 0 Å². The zero-order valence-electron chi connectivity index (χ0n) is 12.4. The number of hydrogen-bond donors (Lipinski definition) is 0. The van der Waals surface area contributed by atoms with Gasteiger partial charge in [-0.2, -0.15) is 0 Å². The Morgan fingerprint density at radius 3 is 2.38 bits per heavy atom. The van der Waals surface area contributed by atoms with Crippen LogP contribution in [0.5, 0.6) is 0 Å². The molecule has 3 aromatic carbocycles. The van der Waals surface area contributed by atoms with Crippen LogP contribution >= 0.6 is 0 Å². The monoisotopic (exact) mass is 279 g/mol. The summed E-state index contributed by atoms with van der Waals surface area (Å²) >= 11 is 0. The summed E-state index contributed by atoms with van der Waals surface area (Å²) in [5.41, 5.74) is 2.57. The summed E-state index contributed by atoms with van der Waals surface area (Å²) in [4.78, 5) is 10.7. The van der Waals surface area contributed by atoms with Gasteiger partial charge in [0.15, 0.2) is 0 Å². The van der Waals surface area contributed by atoms with Gasteiger partial charge in [-0.1, -0.05) is 38.1 Å². The van der Waals surface area contributed by atoms with Gasteiger partial charge in [0.2, 0.25) is 0 Å². The van der Waals surface area contributed by atoms with E-state index >= 15 is 0 Å². The standard InChI is InChI=1S/C18H17NO2/c1-11(2)14-5-4-13-6-7-16(19(20)21)9-15-8-12(3)17(10-14)18(13)15/h4-11H,1-3H3. The Labute approximate surface area is 123 Å². The maximum Gasteiger partial charge on any atom is 0.270 e. The molecular weight excluding hydrogens is 262 g/mol. The predicted molar refractivity (Wildman–Crippen MR) is 86.9 cm³/mol. The molecule has 3 rings (SSSR count). The van der Waals surface area contributed by atoms with Gasteiger partial charge in [0.25, 0.3) is 5.69 Å². The van der Waals surface area contributed by atoms with Gasteiger partial charge in [-0.05, 0) is 51.6 Å². The van der Waals surface area contributed by atoms with Crippen LogP contribution in [0, 0.1) is 17.0 Å². The molecule has 0 aliphatic rings. The van der Waals surface area contributed by atoms with Crippen molar-refractivity contribution in [3.05, 3.63) is 63.7 Å². The zero-order chi connectivity index (χ0) is 15.1. The zero-order valence-corrected chi connectivity index (χ0v) is 12.4. The van der Waals surface area contributed by atoms with Gasteiger partial charge in [-0.25, -0.2) is 0 Å². The fourth-order valence-corrected chi connectivity index (χ4v) is 2.84. The van der Waals surface area contributed by atoms with Crippen molar-refractivity contribution in [3.63, 3.8) is 0 Å². The molecule has 0 unspecified atom stereocenters. The molecule has 0 atom stereocenters. The van der Waals surface area contributed by atoms with E-state index in [1.54, 1.807) is 12.1 Å². The highest BCUT2D eigenvalue weighted by Gasteiger charge is 2.11. The number of hydrogen-bond acceptors (Lipinski definition) is 2. The molecule has 0 radical (unpaired) electrons. The molecule has 0 amide bonds. The van der Waals surface area contributed by atoms with Gasteiger partial charge < -0.3 is 0 Å². The molecule has 0 heterocycles. The fourth-order valence-electron chi connectivity index (χ4n) is 2.84. The van der Waals surface area contributed by atoms with E-state index in [2.05, 4.69) is 39.0 Å². The van der Waals surface area contributed by atoms with Crippen molar-refractivity contribution < 1.29 is 4.92 Å². The van der Waals surface area contributed by atoms with Gasteiger partial charge in [-0.15, -0.1) is 0 Å². The van der Waals surface area contributed by atoms with Gasteiger partial charge in [-0.3, -0.25) is 10.1 Å².